The number of amides is 1. The quantitative estimate of drug-likeness (QED) is 0.364. The number of hydrogen-bond acceptors (Lipinski definition) is 5. The molecule has 0 fully saturated rings. The lowest BCUT2D eigenvalue weighted by Gasteiger charge is -2.17. The molecule has 0 aliphatic carbocycles. The number of esters is 1. The molecular weight excluding hydrogens is 404 g/mol. The molecule has 0 radical (unpaired) electrons. The molecule has 3 aromatic carbocycles. The number of carbonyl (C=O) groups excluding carboxylic acids is 2. The first-order valence-corrected chi connectivity index (χ1v) is 10.4. The van der Waals surface area contributed by atoms with Crippen molar-refractivity contribution in [1.29, 1.82) is 0 Å². The molecule has 0 saturated heterocycles. The number of nitrogens with zero attached hydrogens (tertiary/aromatic N) is 1. The number of para-hydroxylation sites is 1. The highest BCUT2D eigenvalue weighted by molar-refractivity contribution is 5.94. The van der Waals surface area contributed by atoms with Crippen molar-refractivity contribution in [2.45, 2.75) is 19.4 Å². The van der Waals surface area contributed by atoms with E-state index in [2.05, 4.69) is 10.3 Å². The van der Waals surface area contributed by atoms with E-state index in [4.69, 9.17) is 9.47 Å². The SMILES string of the molecule is O=C1CCc2cc(OC(=O)c3ccc(OCc4ccc5ccccc5n4)cc3)ccc2N1. The molecule has 5 rings (SSSR count). The van der Waals surface area contributed by atoms with Crippen LogP contribution in [0.2, 0.25) is 0 Å². The smallest absolute Gasteiger partial charge is 0.343 e. The van der Waals surface area contributed by atoms with Crippen molar-refractivity contribution in [1.82, 2.24) is 4.98 Å². The van der Waals surface area contributed by atoms with Gasteiger partial charge in [-0.2, -0.15) is 0 Å². The molecule has 158 valence electrons. The summed E-state index contributed by atoms with van der Waals surface area (Å²) in [6, 6.07) is 23.9. The lowest BCUT2D eigenvalue weighted by molar-refractivity contribution is -0.116. The molecule has 6 nitrogen and oxygen atoms in total. The Morgan fingerprint density at radius 3 is 2.59 bits per heavy atom. The summed E-state index contributed by atoms with van der Waals surface area (Å²) in [5, 5.41) is 3.90. The molecule has 6 heteroatoms. The Bertz CT molecular complexity index is 1320. The first kappa shape index (κ1) is 19.8. The number of nitrogens with one attached hydrogen (secondary N) is 1. The second-order valence-corrected chi connectivity index (χ2v) is 7.56. The summed E-state index contributed by atoms with van der Waals surface area (Å²) in [5.41, 5.74) is 3.91. The van der Waals surface area contributed by atoms with Crippen LogP contribution in [0.25, 0.3) is 10.9 Å². The molecule has 4 aromatic rings. The summed E-state index contributed by atoms with van der Waals surface area (Å²) < 4.78 is 11.3. The summed E-state index contributed by atoms with van der Waals surface area (Å²) in [6.07, 6.45) is 1.06. The fraction of sp³-hybridized carbons (Fsp3) is 0.115. The molecule has 1 N–H and O–H groups in total. The average Bonchev–Trinajstić information content (AvgIpc) is 2.83. The molecule has 0 spiro atoms. The van der Waals surface area contributed by atoms with Crippen LogP contribution in [0.5, 0.6) is 11.5 Å². The van der Waals surface area contributed by atoms with Crippen LogP contribution in [0.3, 0.4) is 0 Å². The number of benzene rings is 3. The Hall–Kier alpha value is -4.19. The fourth-order valence-corrected chi connectivity index (χ4v) is 3.62. The number of ether oxygens (including phenoxy) is 2. The summed E-state index contributed by atoms with van der Waals surface area (Å²) >= 11 is 0. The van der Waals surface area contributed by atoms with Crippen molar-refractivity contribution in [3.63, 3.8) is 0 Å². The zero-order chi connectivity index (χ0) is 21.9. The summed E-state index contributed by atoms with van der Waals surface area (Å²) in [6.45, 7) is 0.334. The first-order valence-electron chi connectivity index (χ1n) is 10.4. The highest BCUT2D eigenvalue weighted by atomic mass is 16.5. The molecule has 32 heavy (non-hydrogen) atoms. The van der Waals surface area contributed by atoms with Crippen molar-refractivity contribution < 1.29 is 19.1 Å². The van der Waals surface area contributed by atoms with Crippen molar-refractivity contribution in [2.75, 3.05) is 5.32 Å². The number of aromatic nitrogens is 1. The lowest BCUT2D eigenvalue weighted by Crippen LogP contribution is -2.19. The van der Waals surface area contributed by atoms with Crippen LogP contribution in [-0.2, 0) is 17.8 Å². The molecule has 1 aliphatic rings. The van der Waals surface area contributed by atoms with Crippen LogP contribution in [0, 0.1) is 0 Å². The predicted molar refractivity (Wildman–Crippen MR) is 121 cm³/mol. The van der Waals surface area contributed by atoms with Gasteiger partial charge in [-0.15, -0.1) is 0 Å². The average molecular weight is 424 g/mol. The molecule has 0 saturated carbocycles. The first-order chi connectivity index (χ1) is 15.6. The molecule has 2 heterocycles. The van der Waals surface area contributed by atoms with Crippen LogP contribution in [0.15, 0.2) is 78.9 Å². The van der Waals surface area contributed by atoms with E-state index in [9.17, 15) is 9.59 Å². The number of carbonyl (C=O) groups is 2. The third-order valence-electron chi connectivity index (χ3n) is 5.32. The Labute approximate surface area is 184 Å². The van der Waals surface area contributed by atoms with Crippen molar-refractivity contribution in [3.05, 3.63) is 95.7 Å². The van der Waals surface area contributed by atoms with Gasteiger partial charge in [0.05, 0.1) is 16.8 Å². The maximum absolute atomic E-state index is 12.5. The Balaban J connectivity index is 1.21. The van der Waals surface area contributed by atoms with Gasteiger partial charge in [0.2, 0.25) is 5.91 Å². The van der Waals surface area contributed by atoms with Gasteiger partial charge < -0.3 is 14.8 Å². The van der Waals surface area contributed by atoms with E-state index in [0.29, 0.717) is 36.5 Å². The van der Waals surface area contributed by atoms with E-state index in [1.807, 2.05) is 36.4 Å². The molecule has 0 atom stereocenters. The van der Waals surface area contributed by atoms with Gasteiger partial charge in [0.1, 0.15) is 18.1 Å². The normalized spacial score (nSPS) is 12.7. The Morgan fingerprint density at radius 1 is 0.906 bits per heavy atom. The van der Waals surface area contributed by atoms with Gasteiger partial charge in [-0.3, -0.25) is 4.79 Å². The predicted octanol–water partition coefficient (Wildman–Crippen LogP) is 4.92. The Morgan fingerprint density at radius 2 is 1.72 bits per heavy atom. The van der Waals surface area contributed by atoms with E-state index in [-0.39, 0.29) is 5.91 Å². The molecular formula is C26H20N2O4. The van der Waals surface area contributed by atoms with Crippen LogP contribution in [0.1, 0.15) is 28.0 Å². The molecule has 1 aromatic heterocycles. The minimum Gasteiger partial charge on any atom is -0.487 e. The second-order valence-electron chi connectivity index (χ2n) is 7.56. The van der Waals surface area contributed by atoms with E-state index in [0.717, 1.165) is 27.8 Å². The third kappa shape index (κ3) is 4.30. The number of rotatable bonds is 5. The van der Waals surface area contributed by atoms with Gasteiger partial charge in [0.15, 0.2) is 0 Å². The Kier molecular flexibility index (Phi) is 5.25. The summed E-state index contributed by atoms with van der Waals surface area (Å²) in [7, 11) is 0. The number of fused-ring (bicyclic) bond motifs is 2. The summed E-state index contributed by atoms with van der Waals surface area (Å²) in [5.74, 6) is 0.641. The molecule has 0 unspecified atom stereocenters. The maximum Gasteiger partial charge on any atom is 0.343 e. The maximum atomic E-state index is 12.5. The standard InChI is InChI=1S/C26H20N2O4/c29-25-14-8-19-15-22(12-13-24(19)28-25)32-26(30)18-6-10-21(11-7-18)31-16-20-9-5-17-3-1-2-4-23(17)27-20/h1-7,9-13,15H,8,14,16H2,(H,28,29). The van der Waals surface area contributed by atoms with E-state index in [1.165, 1.54) is 0 Å². The number of aryl methyl sites for hydroxylation is 1. The van der Waals surface area contributed by atoms with Crippen LogP contribution >= 0.6 is 0 Å². The molecule has 0 bridgehead atoms. The van der Waals surface area contributed by atoms with Crippen molar-refractivity contribution >= 4 is 28.5 Å². The molecule has 1 aliphatic heterocycles. The highest BCUT2D eigenvalue weighted by Crippen LogP contribution is 2.27. The van der Waals surface area contributed by atoms with Gasteiger partial charge in [-0.05, 0) is 66.6 Å². The van der Waals surface area contributed by atoms with Gasteiger partial charge in [0, 0.05) is 17.5 Å². The van der Waals surface area contributed by atoms with Crippen LogP contribution in [0.4, 0.5) is 5.69 Å². The molecule has 1 amide bonds. The van der Waals surface area contributed by atoms with Crippen LogP contribution in [-0.4, -0.2) is 16.9 Å². The van der Waals surface area contributed by atoms with Crippen LogP contribution < -0.4 is 14.8 Å². The highest BCUT2D eigenvalue weighted by Gasteiger charge is 2.16. The largest absolute Gasteiger partial charge is 0.487 e. The number of hydrogen-bond donors (Lipinski definition) is 1. The number of anilines is 1. The van der Waals surface area contributed by atoms with Gasteiger partial charge in [0.25, 0.3) is 0 Å². The van der Waals surface area contributed by atoms with Gasteiger partial charge in [-0.1, -0.05) is 24.3 Å². The summed E-state index contributed by atoms with van der Waals surface area (Å²) in [4.78, 5) is 28.6. The van der Waals surface area contributed by atoms with E-state index >= 15 is 0 Å². The fourth-order valence-electron chi connectivity index (χ4n) is 3.62. The number of pyridine rings is 1. The monoisotopic (exact) mass is 424 g/mol. The lowest BCUT2D eigenvalue weighted by atomic mass is 10.0. The zero-order valence-corrected chi connectivity index (χ0v) is 17.2. The second kappa shape index (κ2) is 8.51. The topological polar surface area (TPSA) is 77.5 Å². The van der Waals surface area contributed by atoms with E-state index < -0.39 is 5.97 Å². The minimum absolute atomic E-state index is 0.000880. The zero-order valence-electron chi connectivity index (χ0n) is 17.2. The van der Waals surface area contributed by atoms with Gasteiger partial charge >= 0.3 is 5.97 Å². The minimum atomic E-state index is -0.451. The van der Waals surface area contributed by atoms with E-state index in [1.54, 1.807) is 42.5 Å². The van der Waals surface area contributed by atoms with Gasteiger partial charge in [-0.25, -0.2) is 9.78 Å². The van der Waals surface area contributed by atoms with Crippen molar-refractivity contribution in [3.8, 4) is 11.5 Å². The van der Waals surface area contributed by atoms with Crippen molar-refractivity contribution in [2.24, 2.45) is 0 Å². The third-order valence-corrected chi connectivity index (χ3v) is 5.32.